The third-order valence-corrected chi connectivity index (χ3v) is 4.81. The maximum Gasteiger partial charge on any atom is 0.0762 e. The first-order valence-electron chi connectivity index (χ1n) is 5.22. The normalized spacial score (nSPS) is 12.6. The monoisotopic (exact) mass is 330 g/mol. The van der Waals surface area contributed by atoms with Crippen molar-refractivity contribution in [2.45, 2.75) is 12.5 Å². The van der Waals surface area contributed by atoms with E-state index in [4.69, 9.17) is 11.6 Å². The summed E-state index contributed by atoms with van der Waals surface area (Å²) < 4.78 is 1.15. The second kappa shape index (κ2) is 5.96. The molecule has 0 aromatic carbocycles. The van der Waals surface area contributed by atoms with Crippen LogP contribution in [0.4, 0.5) is 0 Å². The number of pyridine rings is 1. The Balaban J connectivity index is 2.23. The zero-order valence-corrected chi connectivity index (χ0v) is 12.4. The minimum absolute atomic E-state index is 0.138. The molecule has 0 bridgehead atoms. The van der Waals surface area contributed by atoms with Crippen LogP contribution in [-0.2, 0) is 6.42 Å². The Hall–Kier alpha value is -0.420. The van der Waals surface area contributed by atoms with E-state index in [0.29, 0.717) is 5.02 Å². The first kappa shape index (κ1) is 13.0. The van der Waals surface area contributed by atoms with Gasteiger partial charge >= 0.3 is 0 Å². The number of aromatic nitrogens is 1. The third kappa shape index (κ3) is 3.07. The standard InChI is InChI=1S/C12H12BrClN2S/c1-15-10(7-11-8(13)4-6-17-11)12-9(14)3-2-5-16-12/h2-6,10,15H,7H2,1H3. The van der Waals surface area contributed by atoms with Gasteiger partial charge in [-0.2, -0.15) is 0 Å². The van der Waals surface area contributed by atoms with Crippen molar-refractivity contribution in [3.05, 3.63) is 49.8 Å². The Labute approximate surface area is 118 Å². The molecule has 0 fully saturated rings. The molecular formula is C12H12BrClN2S. The van der Waals surface area contributed by atoms with Gasteiger partial charge in [0.15, 0.2) is 0 Å². The van der Waals surface area contributed by atoms with Crippen LogP contribution in [0.25, 0.3) is 0 Å². The molecule has 2 nitrogen and oxygen atoms in total. The number of halogens is 2. The van der Waals surface area contributed by atoms with Gasteiger partial charge in [0.2, 0.25) is 0 Å². The minimum Gasteiger partial charge on any atom is -0.311 e. The van der Waals surface area contributed by atoms with Crippen LogP contribution in [0.15, 0.2) is 34.2 Å². The largest absolute Gasteiger partial charge is 0.311 e. The summed E-state index contributed by atoms with van der Waals surface area (Å²) in [4.78, 5) is 5.65. The van der Waals surface area contributed by atoms with Crippen molar-refractivity contribution < 1.29 is 0 Å². The number of hydrogen-bond acceptors (Lipinski definition) is 3. The molecular weight excluding hydrogens is 320 g/mol. The maximum atomic E-state index is 6.17. The van der Waals surface area contributed by atoms with Crippen molar-refractivity contribution in [2.75, 3.05) is 7.05 Å². The van der Waals surface area contributed by atoms with Gasteiger partial charge in [-0.15, -0.1) is 11.3 Å². The highest BCUT2D eigenvalue weighted by molar-refractivity contribution is 9.10. The molecule has 0 saturated carbocycles. The number of hydrogen-bond donors (Lipinski definition) is 1. The Kier molecular flexibility index (Phi) is 4.56. The average molecular weight is 332 g/mol. The van der Waals surface area contributed by atoms with Gasteiger partial charge < -0.3 is 5.32 Å². The number of likely N-dealkylation sites (N-methyl/N-ethyl adjacent to an activating group) is 1. The Morgan fingerprint density at radius 2 is 2.35 bits per heavy atom. The van der Waals surface area contributed by atoms with Gasteiger partial charge in [0.25, 0.3) is 0 Å². The predicted octanol–water partition coefficient (Wildman–Crippen LogP) is 4.06. The summed E-state index contributed by atoms with van der Waals surface area (Å²) in [5, 5.41) is 6.05. The Morgan fingerprint density at radius 1 is 1.53 bits per heavy atom. The number of nitrogens with zero attached hydrogens (tertiary/aromatic N) is 1. The smallest absolute Gasteiger partial charge is 0.0762 e. The molecule has 1 N–H and O–H groups in total. The van der Waals surface area contributed by atoms with Crippen molar-refractivity contribution in [1.82, 2.24) is 10.3 Å². The molecule has 0 saturated heterocycles. The number of nitrogens with one attached hydrogen (secondary N) is 1. The zero-order chi connectivity index (χ0) is 12.3. The van der Waals surface area contributed by atoms with Crippen molar-refractivity contribution in [3.8, 4) is 0 Å². The Bertz CT molecular complexity index is 501. The SMILES string of the molecule is CNC(Cc1sccc1Br)c1ncccc1Cl. The van der Waals surface area contributed by atoms with Crippen molar-refractivity contribution in [2.24, 2.45) is 0 Å². The first-order chi connectivity index (χ1) is 8.22. The highest BCUT2D eigenvalue weighted by Crippen LogP contribution is 2.29. The van der Waals surface area contributed by atoms with E-state index in [2.05, 4.69) is 37.7 Å². The predicted molar refractivity (Wildman–Crippen MR) is 76.8 cm³/mol. The number of rotatable bonds is 4. The van der Waals surface area contributed by atoms with E-state index in [1.165, 1.54) is 4.88 Å². The molecule has 2 aromatic rings. The molecule has 1 atom stereocenters. The van der Waals surface area contributed by atoms with Gasteiger partial charge in [0.1, 0.15) is 0 Å². The summed E-state index contributed by atoms with van der Waals surface area (Å²) in [6, 6.07) is 5.92. The molecule has 0 aliphatic heterocycles. The molecule has 0 amide bonds. The molecule has 90 valence electrons. The molecule has 0 aliphatic carbocycles. The van der Waals surface area contributed by atoms with E-state index >= 15 is 0 Å². The van der Waals surface area contributed by atoms with E-state index in [1.807, 2.05) is 19.2 Å². The van der Waals surface area contributed by atoms with Crippen LogP contribution >= 0.6 is 38.9 Å². The molecule has 1 unspecified atom stereocenters. The van der Waals surface area contributed by atoms with Gasteiger partial charge in [-0.1, -0.05) is 11.6 Å². The summed E-state index contributed by atoms with van der Waals surface area (Å²) in [7, 11) is 1.93. The molecule has 2 heterocycles. The summed E-state index contributed by atoms with van der Waals surface area (Å²) in [6.07, 6.45) is 2.65. The average Bonchev–Trinajstić information content (AvgIpc) is 2.73. The topological polar surface area (TPSA) is 24.9 Å². The second-order valence-corrected chi connectivity index (χ2v) is 5.87. The maximum absolute atomic E-state index is 6.17. The highest BCUT2D eigenvalue weighted by Gasteiger charge is 2.16. The minimum atomic E-state index is 0.138. The molecule has 0 spiro atoms. The highest BCUT2D eigenvalue weighted by atomic mass is 79.9. The molecule has 5 heteroatoms. The number of thiophene rings is 1. The van der Waals surface area contributed by atoms with E-state index in [1.54, 1.807) is 17.5 Å². The van der Waals surface area contributed by atoms with Crippen LogP contribution in [0, 0.1) is 0 Å². The molecule has 0 aliphatic rings. The fourth-order valence-electron chi connectivity index (χ4n) is 1.65. The fourth-order valence-corrected chi connectivity index (χ4v) is 3.46. The van der Waals surface area contributed by atoms with Crippen LogP contribution in [0.5, 0.6) is 0 Å². The summed E-state index contributed by atoms with van der Waals surface area (Å²) in [6.45, 7) is 0. The Morgan fingerprint density at radius 3 is 2.94 bits per heavy atom. The lowest BCUT2D eigenvalue weighted by molar-refractivity contribution is 0.579. The summed E-state index contributed by atoms with van der Waals surface area (Å²) in [5.74, 6) is 0. The van der Waals surface area contributed by atoms with Crippen molar-refractivity contribution >= 4 is 38.9 Å². The second-order valence-electron chi connectivity index (χ2n) is 3.61. The van der Waals surface area contributed by atoms with Crippen LogP contribution < -0.4 is 5.32 Å². The van der Waals surface area contributed by atoms with Crippen LogP contribution in [-0.4, -0.2) is 12.0 Å². The first-order valence-corrected chi connectivity index (χ1v) is 7.27. The van der Waals surface area contributed by atoms with E-state index < -0.39 is 0 Å². The van der Waals surface area contributed by atoms with E-state index in [-0.39, 0.29) is 6.04 Å². The van der Waals surface area contributed by atoms with E-state index in [9.17, 15) is 0 Å². The summed E-state index contributed by atoms with van der Waals surface area (Å²) in [5.41, 5.74) is 0.900. The summed E-state index contributed by atoms with van der Waals surface area (Å²) >= 11 is 11.4. The molecule has 17 heavy (non-hydrogen) atoms. The van der Waals surface area contributed by atoms with Gasteiger partial charge in [-0.25, -0.2) is 0 Å². The molecule has 2 rings (SSSR count). The van der Waals surface area contributed by atoms with Gasteiger partial charge in [-0.3, -0.25) is 4.98 Å². The van der Waals surface area contributed by atoms with Crippen molar-refractivity contribution in [1.29, 1.82) is 0 Å². The van der Waals surface area contributed by atoms with Crippen LogP contribution in [0.3, 0.4) is 0 Å². The lowest BCUT2D eigenvalue weighted by Crippen LogP contribution is -2.20. The van der Waals surface area contributed by atoms with Crippen LogP contribution in [0.1, 0.15) is 16.6 Å². The molecule has 2 aromatic heterocycles. The van der Waals surface area contributed by atoms with Gasteiger partial charge in [0.05, 0.1) is 16.8 Å². The van der Waals surface area contributed by atoms with Crippen molar-refractivity contribution in [3.63, 3.8) is 0 Å². The fraction of sp³-hybridized carbons (Fsp3) is 0.250. The van der Waals surface area contributed by atoms with Gasteiger partial charge in [-0.05, 0) is 46.6 Å². The van der Waals surface area contributed by atoms with E-state index in [0.717, 1.165) is 16.6 Å². The lowest BCUT2D eigenvalue weighted by atomic mass is 10.1. The molecule has 0 radical (unpaired) electrons. The van der Waals surface area contributed by atoms with Crippen LogP contribution in [0.2, 0.25) is 5.02 Å². The zero-order valence-electron chi connectivity index (χ0n) is 9.28. The quantitative estimate of drug-likeness (QED) is 0.914. The third-order valence-electron chi connectivity index (χ3n) is 2.55. The van der Waals surface area contributed by atoms with Gasteiger partial charge in [0, 0.05) is 22.0 Å². The lowest BCUT2D eigenvalue weighted by Gasteiger charge is -2.16.